The molecule has 0 radical (unpaired) electrons. The third-order valence-corrected chi connectivity index (χ3v) is 28.9. The first-order chi connectivity index (χ1) is 30.5. The lowest BCUT2D eigenvalue weighted by Gasteiger charge is -2.45. The molecule has 0 fully saturated rings. The molecule has 0 aliphatic rings. The second-order valence-corrected chi connectivity index (χ2v) is 38.6. The maximum atomic E-state index is 14.7. The van der Waals surface area contributed by atoms with Gasteiger partial charge in [-0.2, -0.15) is 0 Å². The smallest absolute Gasteiger partial charge is 0.404 e. The zero-order valence-electron chi connectivity index (χ0n) is 47.5. The highest BCUT2D eigenvalue weighted by Crippen LogP contribution is 2.43. The summed E-state index contributed by atoms with van der Waals surface area (Å²) in [5.74, 6) is -3.64. The lowest BCUT2D eigenvalue weighted by atomic mass is 9.83. The summed E-state index contributed by atoms with van der Waals surface area (Å²) in [5.41, 5.74) is 5.63. The first-order valence-corrected chi connectivity index (χ1v) is 33.5. The summed E-state index contributed by atoms with van der Waals surface area (Å²) in [6.07, 6.45) is 4.45. The molecule has 0 aliphatic heterocycles. The van der Waals surface area contributed by atoms with Crippen LogP contribution in [0.3, 0.4) is 0 Å². The van der Waals surface area contributed by atoms with Gasteiger partial charge in [0.2, 0.25) is 5.91 Å². The van der Waals surface area contributed by atoms with E-state index in [4.69, 9.17) is 28.6 Å². The van der Waals surface area contributed by atoms with Crippen LogP contribution in [0.5, 0.6) is 0 Å². The Balaban J connectivity index is 6.92. The molecule has 12 atom stereocenters. The van der Waals surface area contributed by atoms with Crippen LogP contribution >= 0.6 is 0 Å². The molecule has 0 rings (SSSR count). The number of hydroxylamine groups is 2. The number of amides is 3. The van der Waals surface area contributed by atoms with Crippen LogP contribution < -0.4 is 5.73 Å². The van der Waals surface area contributed by atoms with Gasteiger partial charge in [-0.25, -0.2) is 9.86 Å². The Kier molecular flexibility index (Phi) is 25.4. The van der Waals surface area contributed by atoms with Gasteiger partial charge in [0.15, 0.2) is 25.0 Å². The summed E-state index contributed by atoms with van der Waals surface area (Å²) < 4.78 is 26.8. The number of primary amides is 1. The molecule has 0 spiro atoms. The fraction of sp³-hybridized carbons (Fsp3) is 0.808. The highest BCUT2D eigenvalue weighted by Gasteiger charge is 2.48. The number of ether oxygens (including phenoxy) is 1. The van der Waals surface area contributed by atoms with Gasteiger partial charge in [0, 0.05) is 44.8 Å². The number of allylic oxidation sites excluding steroid dienone is 2. The van der Waals surface area contributed by atoms with Crippen molar-refractivity contribution in [1.29, 1.82) is 0 Å². The molecule has 0 aromatic heterocycles. The Morgan fingerprint density at radius 1 is 0.632 bits per heavy atom. The van der Waals surface area contributed by atoms with Gasteiger partial charge in [0.25, 0.3) is 5.91 Å². The summed E-state index contributed by atoms with van der Waals surface area (Å²) in [7, 11) is -2.51. The van der Waals surface area contributed by atoms with Gasteiger partial charge in [0.05, 0.1) is 43.4 Å². The minimum absolute atomic E-state index is 0.113. The summed E-state index contributed by atoms with van der Waals surface area (Å²) in [6, 6.07) is 0. The summed E-state index contributed by atoms with van der Waals surface area (Å²) >= 11 is 0. The van der Waals surface area contributed by atoms with Crippen LogP contribution in [0.2, 0.25) is 54.4 Å². The SMILES string of the molecule is C=C/C=C\[C@H](C)[C@H](OC(N)=O)[C@@H](C)[C@H](O[Si](C)(C)C(C)(C)C)[C@@H](C)C(=O)N(C)C[C@H](C)[C@@H](O[Si](C)(C)C(C)(C)C)[C@@H](C)/C=C\[C@@H](O)CC(=O)[C@H](C)[C@H](O[Si](C)(C)C(C)(C)C)[C@@H](C)C(=O)N(C)OC. The van der Waals surface area contributed by atoms with Crippen molar-refractivity contribution in [2.45, 2.75) is 202 Å². The lowest BCUT2D eigenvalue weighted by molar-refractivity contribution is -0.177. The molecule has 0 unspecified atom stereocenters. The third-order valence-electron chi connectivity index (χ3n) is 15.5. The average Bonchev–Trinajstić information content (AvgIpc) is 3.20. The third kappa shape index (κ3) is 18.9. The van der Waals surface area contributed by atoms with Crippen molar-refractivity contribution in [1.82, 2.24) is 9.96 Å². The van der Waals surface area contributed by atoms with Crippen molar-refractivity contribution in [3.8, 4) is 0 Å². The van der Waals surface area contributed by atoms with Gasteiger partial charge in [-0.1, -0.05) is 148 Å². The monoisotopic (exact) mass is 1010 g/mol. The van der Waals surface area contributed by atoms with Crippen LogP contribution in [0.15, 0.2) is 37.0 Å². The number of carbonyl (C=O) groups excluding carboxylic acids is 4. The number of ketones is 1. The van der Waals surface area contributed by atoms with E-state index < -0.39 is 79.1 Å². The van der Waals surface area contributed by atoms with Crippen LogP contribution in [0.1, 0.15) is 117 Å². The molecule has 0 saturated carbocycles. The van der Waals surface area contributed by atoms with E-state index in [-0.39, 0.29) is 63.0 Å². The van der Waals surface area contributed by atoms with Gasteiger partial charge in [0.1, 0.15) is 11.9 Å². The van der Waals surface area contributed by atoms with Crippen LogP contribution in [-0.4, -0.2) is 122 Å². The van der Waals surface area contributed by atoms with Crippen molar-refractivity contribution in [2.75, 3.05) is 27.7 Å². The minimum atomic E-state index is -2.47. The highest BCUT2D eigenvalue weighted by molar-refractivity contribution is 6.75. The molecule has 13 nitrogen and oxygen atoms in total. The van der Waals surface area contributed by atoms with Crippen molar-refractivity contribution < 1.29 is 47.1 Å². The van der Waals surface area contributed by atoms with Crippen molar-refractivity contribution in [2.24, 2.45) is 47.2 Å². The van der Waals surface area contributed by atoms with E-state index in [1.54, 1.807) is 51.1 Å². The molecule has 68 heavy (non-hydrogen) atoms. The number of nitrogens with two attached hydrogens (primary N) is 1. The molecule has 0 aromatic rings. The zero-order chi connectivity index (χ0) is 53.9. The van der Waals surface area contributed by atoms with E-state index in [1.165, 1.54) is 7.11 Å². The Morgan fingerprint density at radius 2 is 1.04 bits per heavy atom. The largest absolute Gasteiger partial charge is 0.445 e. The molecule has 0 bridgehead atoms. The number of hydrogen-bond donors (Lipinski definition) is 2. The second-order valence-electron chi connectivity index (χ2n) is 24.3. The quantitative estimate of drug-likeness (QED) is 0.0350. The molecule has 0 heterocycles. The molecule has 0 saturated heterocycles. The maximum Gasteiger partial charge on any atom is 0.404 e. The Morgan fingerprint density at radius 3 is 1.46 bits per heavy atom. The number of rotatable bonds is 27. The van der Waals surface area contributed by atoms with Crippen LogP contribution in [0.25, 0.3) is 0 Å². The topological polar surface area (TPSA) is 167 Å². The molecule has 3 N–H and O–H groups in total. The first kappa shape index (κ1) is 65.6. The van der Waals surface area contributed by atoms with Gasteiger partial charge < -0.3 is 33.8 Å². The van der Waals surface area contributed by atoms with E-state index in [1.807, 2.05) is 39.8 Å². The van der Waals surface area contributed by atoms with Crippen molar-refractivity contribution >= 4 is 48.6 Å². The van der Waals surface area contributed by atoms with Crippen LogP contribution in [0, 0.1) is 41.4 Å². The van der Waals surface area contributed by atoms with Gasteiger partial charge in [-0.05, 0) is 66.2 Å². The fourth-order valence-corrected chi connectivity index (χ4v) is 12.0. The molecular formula is C52H101N3O10Si3. The number of aliphatic hydroxyl groups is 1. The van der Waals surface area contributed by atoms with Crippen LogP contribution in [0.4, 0.5) is 4.79 Å². The molecule has 3 amide bonds. The van der Waals surface area contributed by atoms with Gasteiger partial charge >= 0.3 is 6.09 Å². The molecule has 396 valence electrons. The molecule has 16 heteroatoms. The first-order valence-electron chi connectivity index (χ1n) is 24.8. The van der Waals surface area contributed by atoms with Crippen molar-refractivity contribution in [3.63, 3.8) is 0 Å². The van der Waals surface area contributed by atoms with Gasteiger partial charge in [-0.3, -0.25) is 19.2 Å². The normalized spacial score (nSPS) is 18.9. The van der Waals surface area contributed by atoms with E-state index in [2.05, 4.69) is 115 Å². The number of carbonyl (C=O) groups is 4. The molecule has 0 aromatic carbocycles. The van der Waals surface area contributed by atoms with Crippen LogP contribution in [-0.2, 0) is 37.2 Å². The van der Waals surface area contributed by atoms with E-state index >= 15 is 0 Å². The number of aliphatic hydroxyl groups excluding tert-OH is 1. The predicted octanol–water partition coefficient (Wildman–Crippen LogP) is 11.2. The van der Waals surface area contributed by atoms with Crippen molar-refractivity contribution in [3.05, 3.63) is 37.0 Å². The Hall–Kier alpha value is -2.45. The predicted molar refractivity (Wildman–Crippen MR) is 286 cm³/mol. The summed E-state index contributed by atoms with van der Waals surface area (Å²) in [5, 5.41) is 12.1. The Labute approximate surface area is 418 Å². The standard InChI is InChI=1S/C52H101N3O10Si3/c1-27-28-29-34(2)44(62-49(53)60)38(6)46(65-68(25,26)52(15,16)17)39(7)47(58)54(18)33-36(4)43(63-66(21,22)50(9,10)11)35(3)30-31-41(56)32-42(57)37(5)45(40(8)48(59)55(19)61-20)64-67(23,24)51(12,13)14/h27-31,34-41,43-46,56H,1,32-33H2,2-26H3,(H2,53,60)/b29-28-,31-30-/t34-,35-,36-,37-,38+,39+,40+,41+,43-,44-,45-,46-/m0/s1. The zero-order valence-corrected chi connectivity index (χ0v) is 50.5. The minimum Gasteiger partial charge on any atom is -0.445 e. The number of hydrogen-bond acceptors (Lipinski definition) is 10. The molecular weight excluding hydrogens is 911 g/mol. The summed E-state index contributed by atoms with van der Waals surface area (Å²) in [6.45, 7) is 49.9. The van der Waals surface area contributed by atoms with E-state index in [0.717, 1.165) is 5.06 Å². The maximum absolute atomic E-state index is 14.7. The average molecular weight is 1010 g/mol. The number of nitrogens with zero attached hydrogens (tertiary/aromatic N) is 2. The lowest BCUT2D eigenvalue weighted by Crippen LogP contribution is -2.54. The summed E-state index contributed by atoms with van der Waals surface area (Å²) in [4.78, 5) is 61.3. The Bertz CT molecular complexity index is 1700. The van der Waals surface area contributed by atoms with Gasteiger partial charge in [-0.15, -0.1) is 0 Å². The highest BCUT2D eigenvalue weighted by atomic mass is 28.4. The fourth-order valence-electron chi connectivity index (χ4n) is 7.66. The van der Waals surface area contributed by atoms with E-state index in [0.29, 0.717) is 6.54 Å². The number of Topliss-reactive ketones (excluding diaryl/α,β-unsaturated/α-hetero) is 1. The van der Waals surface area contributed by atoms with E-state index in [9.17, 15) is 24.3 Å². The second kappa shape index (κ2) is 26.3. The molecule has 0 aliphatic carbocycles.